The zero-order chi connectivity index (χ0) is 12.8. The van der Waals surface area contributed by atoms with Gasteiger partial charge < -0.3 is 10.2 Å². The molecule has 17 heavy (non-hydrogen) atoms. The van der Waals surface area contributed by atoms with Crippen LogP contribution >= 0.6 is 0 Å². The van der Waals surface area contributed by atoms with E-state index >= 15 is 0 Å². The monoisotopic (exact) mass is 240 g/mol. The standard InChI is InChI=1S/C12H16O5/c13-9-7-10(14)12(17)8(9)5-3-1-2-4-6-11(15)16/h1,3,8,10,14H,2,4-7H2,(H,15,16)/b3-1+. The van der Waals surface area contributed by atoms with Gasteiger partial charge in [-0.25, -0.2) is 0 Å². The molecule has 1 fully saturated rings. The van der Waals surface area contributed by atoms with Gasteiger partial charge >= 0.3 is 5.97 Å². The van der Waals surface area contributed by atoms with E-state index in [0.29, 0.717) is 19.3 Å². The molecule has 0 aromatic carbocycles. The third kappa shape index (κ3) is 4.11. The van der Waals surface area contributed by atoms with E-state index in [1.807, 2.05) is 0 Å². The maximum absolute atomic E-state index is 11.3. The van der Waals surface area contributed by atoms with Gasteiger partial charge in [0.25, 0.3) is 0 Å². The Balaban J connectivity index is 2.26. The molecule has 94 valence electrons. The first-order chi connectivity index (χ1) is 8.02. The molecule has 0 radical (unpaired) electrons. The van der Waals surface area contributed by atoms with Crippen LogP contribution in [0.2, 0.25) is 0 Å². The summed E-state index contributed by atoms with van der Waals surface area (Å²) >= 11 is 0. The molecule has 2 atom stereocenters. The van der Waals surface area contributed by atoms with Crippen molar-refractivity contribution in [1.82, 2.24) is 0 Å². The molecule has 1 rings (SSSR count). The highest BCUT2D eigenvalue weighted by Gasteiger charge is 2.38. The molecule has 2 N–H and O–H groups in total. The Morgan fingerprint density at radius 1 is 1.35 bits per heavy atom. The van der Waals surface area contributed by atoms with E-state index in [-0.39, 0.29) is 18.6 Å². The van der Waals surface area contributed by atoms with Crippen LogP contribution < -0.4 is 0 Å². The lowest BCUT2D eigenvalue weighted by Gasteiger charge is -2.02. The number of rotatable bonds is 6. The number of carbonyl (C=O) groups excluding carboxylic acids is 2. The highest BCUT2D eigenvalue weighted by molar-refractivity contribution is 6.11. The van der Waals surface area contributed by atoms with Crippen molar-refractivity contribution in [1.29, 1.82) is 0 Å². The van der Waals surface area contributed by atoms with Gasteiger partial charge in [-0.15, -0.1) is 0 Å². The molecule has 0 aliphatic heterocycles. The quantitative estimate of drug-likeness (QED) is 0.405. The minimum Gasteiger partial charge on any atom is -0.481 e. The predicted octanol–water partition coefficient (Wildman–Crippen LogP) is 0.707. The Hall–Kier alpha value is -1.49. The summed E-state index contributed by atoms with van der Waals surface area (Å²) in [6, 6.07) is 0. The summed E-state index contributed by atoms with van der Waals surface area (Å²) < 4.78 is 0. The van der Waals surface area contributed by atoms with Crippen LogP contribution in [0.5, 0.6) is 0 Å². The molecule has 0 aromatic rings. The number of carboxylic acid groups (broad SMARTS) is 1. The van der Waals surface area contributed by atoms with Gasteiger partial charge in [0.1, 0.15) is 11.9 Å². The van der Waals surface area contributed by atoms with Crippen LogP contribution in [0.3, 0.4) is 0 Å². The molecular weight excluding hydrogens is 224 g/mol. The van der Waals surface area contributed by atoms with Gasteiger partial charge in [0.2, 0.25) is 0 Å². The van der Waals surface area contributed by atoms with E-state index in [9.17, 15) is 19.5 Å². The maximum atomic E-state index is 11.3. The van der Waals surface area contributed by atoms with Crippen molar-refractivity contribution in [2.75, 3.05) is 0 Å². The number of carbonyl (C=O) groups is 3. The number of aliphatic hydroxyl groups excluding tert-OH is 1. The van der Waals surface area contributed by atoms with Crippen molar-refractivity contribution in [2.24, 2.45) is 5.92 Å². The first-order valence-corrected chi connectivity index (χ1v) is 5.63. The minimum absolute atomic E-state index is 0.0731. The molecule has 2 unspecified atom stereocenters. The molecular formula is C12H16O5. The molecule has 0 aromatic heterocycles. The summed E-state index contributed by atoms with van der Waals surface area (Å²) in [5.41, 5.74) is 0. The van der Waals surface area contributed by atoms with Gasteiger partial charge in [0.05, 0.1) is 5.92 Å². The Morgan fingerprint density at radius 2 is 2.06 bits per heavy atom. The third-order valence-electron chi connectivity index (χ3n) is 2.75. The SMILES string of the molecule is O=C(O)CCC/C=C/CC1C(=O)CC(O)C1=O. The van der Waals surface area contributed by atoms with E-state index in [2.05, 4.69) is 0 Å². The van der Waals surface area contributed by atoms with Gasteiger partial charge in [-0.1, -0.05) is 12.2 Å². The number of ketones is 2. The molecule has 1 saturated carbocycles. The van der Waals surface area contributed by atoms with Crippen LogP contribution in [-0.2, 0) is 14.4 Å². The van der Waals surface area contributed by atoms with Gasteiger partial charge in [-0.05, 0) is 19.3 Å². The third-order valence-corrected chi connectivity index (χ3v) is 2.75. The minimum atomic E-state index is -1.13. The van der Waals surface area contributed by atoms with Crippen LogP contribution in [0.1, 0.15) is 32.1 Å². The van der Waals surface area contributed by atoms with Crippen LogP contribution in [0.4, 0.5) is 0 Å². The van der Waals surface area contributed by atoms with Gasteiger partial charge in [0, 0.05) is 12.8 Å². The summed E-state index contributed by atoms with van der Waals surface area (Å²) in [6.07, 6.45) is 3.86. The fraction of sp³-hybridized carbons (Fsp3) is 0.583. The van der Waals surface area contributed by atoms with Crippen molar-refractivity contribution in [3.63, 3.8) is 0 Å². The van der Waals surface area contributed by atoms with E-state index in [4.69, 9.17) is 5.11 Å². The summed E-state index contributed by atoms with van der Waals surface area (Å²) in [7, 11) is 0. The molecule has 0 heterocycles. The summed E-state index contributed by atoms with van der Waals surface area (Å²) in [5.74, 6) is -2.15. The van der Waals surface area contributed by atoms with Gasteiger partial charge in [0.15, 0.2) is 5.78 Å². The van der Waals surface area contributed by atoms with Gasteiger partial charge in [-0.3, -0.25) is 14.4 Å². The fourth-order valence-corrected chi connectivity index (χ4v) is 1.79. The average Bonchev–Trinajstić information content (AvgIpc) is 2.48. The summed E-state index contributed by atoms with van der Waals surface area (Å²) in [4.78, 5) is 32.9. The zero-order valence-electron chi connectivity index (χ0n) is 9.46. The lowest BCUT2D eigenvalue weighted by molar-refractivity contribution is -0.137. The Morgan fingerprint density at radius 3 is 2.59 bits per heavy atom. The van der Waals surface area contributed by atoms with Crippen LogP contribution in [0.15, 0.2) is 12.2 Å². The summed E-state index contributed by atoms with van der Waals surface area (Å²) in [6.45, 7) is 0. The normalized spacial score (nSPS) is 24.8. The number of unbranched alkanes of at least 4 members (excludes halogenated alkanes) is 1. The zero-order valence-corrected chi connectivity index (χ0v) is 9.46. The first-order valence-electron chi connectivity index (χ1n) is 5.63. The molecule has 0 spiro atoms. The highest BCUT2D eigenvalue weighted by atomic mass is 16.4. The molecule has 0 saturated heterocycles. The molecule has 0 bridgehead atoms. The number of hydrogen-bond acceptors (Lipinski definition) is 4. The maximum Gasteiger partial charge on any atom is 0.303 e. The van der Waals surface area contributed by atoms with E-state index in [1.54, 1.807) is 12.2 Å². The van der Waals surface area contributed by atoms with Gasteiger partial charge in [-0.2, -0.15) is 0 Å². The fourth-order valence-electron chi connectivity index (χ4n) is 1.79. The van der Waals surface area contributed by atoms with Crippen LogP contribution in [-0.4, -0.2) is 33.9 Å². The summed E-state index contributed by atoms with van der Waals surface area (Å²) in [5, 5.41) is 17.6. The molecule has 5 nitrogen and oxygen atoms in total. The highest BCUT2D eigenvalue weighted by Crippen LogP contribution is 2.21. The smallest absolute Gasteiger partial charge is 0.303 e. The van der Waals surface area contributed by atoms with Crippen molar-refractivity contribution in [3.8, 4) is 0 Å². The van der Waals surface area contributed by atoms with Crippen LogP contribution in [0.25, 0.3) is 0 Å². The molecule has 1 aliphatic carbocycles. The predicted molar refractivity (Wildman–Crippen MR) is 59.4 cm³/mol. The van der Waals surface area contributed by atoms with Crippen molar-refractivity contribution in [2.45, 2.75) is 38.2 Å². The lowest BCUT2D eigenvalue weighted by atomic mass is 10.0. The second-order valence-electron chi connectivity index (χ2n) is 4.13. The van der Waals surface area contributed by atoms with Crippen molar-refractivity contribution < 1.29 is 24.6 Å². The molecule has 1 aliphatic rings. The van der Waals surface area contributed by atoms with E-state index in [0.717, 1.165) is 0 Å². The second-order valence-corrected chi connectivity index (χ2v) is 4.13. The Labute approximate surface area is 99.1 Å². The first kappa shape index (κ1) is 13.6. The Bertz CT molecular complexity index is 345. The second kappa shape index (κ2) is 6.30. The topological polar surface area (TPSA) is 91.7 Å². The average molecular weight is 240 g/mol. The lowest BCUT2D eigenvalue weighted by Crippen LogP contribution is -2.19. The number of aliphatic hydroxyl groups is 1. The number of carboxylic acids is 1. The number of Topliss-reactive ketones (excluding diaryl/α,β-unsaturated/α-hetero) is 2. The van der Waals surface area contributed by atoms with E-state index < -0.39 is 23.8 Å². The Kier molecular flexibility index (Phi) is 5.03. The number of allylic oxidation sites excluding steroid dienone is 2. The molecule has 5 heteroatoms. The van der Waals surface area contributed by atoms with Crippen LogP contribution in [0, 0.1) is 5.92 Å². The van der Waals surface area contributed by atoms with Crippen molar-refractivity contribution >= 4 is 17.5 Å². The van der Waals surface area contributed by atoms with Crippen molar-refractivity contribution in [3.05, 3.63) is 12.2 Å². The number of aliphatic carboxylic acids is 1. The molecule has 0 amide bonds. The number of hydrogen-bond donors (Lipinski definition) is 2. The largest absolute Gasteiger partial charge is 0.481 e. The van der Waals surface area contributed by atoms with E-state index in [1.165, 1.54) is 0 Å².